The maximum atomic E-state index is 12.9. The summed E-state index contributed by atoms with van der Waals surface area (Å²) in [4.78, 5) is 4.68. The number of sulfonamides is 1. The van der Waals surface area contributed by atoms with E-state index in [1.54, 1.807) is 18.2 Å². The van der Waals surface area contributed by atoms with Crippen molar-refractivity contribution >= 4 is 10.0 Å². The van der Waals surface area contributed by atoms with Gasteiger partial charge in [-0.05, 0) is 30.7 Å². The summed E-state index contributed by atoms with van der Waals surface area (Å²) in [6.07, 6.45) is 0.650. The van der Waals surface area contributed by atoms with E-state index in [1.807, 2.05) is 30.3 Å². The van der Waals surface area contributed by atoms with Crippen molar-refractivity contribution < 1.29 is 17.7 Å². The van der Waals surface area contributed by atoms with E-state index in [-0.39, 0.29) is 10.8 Å². The largest absolute Gasteiger partial charge is 0.497 e. The number of methoxy groups -OCH3 is 1. The van der Waals surface area contributed by atoms with Gasteiger partial charge in [-0.2, -0.15) is 9.29 Å². The predicted octanol–water partition coefficient (Wildman–Crippen LogP) is 2.92. The van der Waals surface area contributed by atoms with Crippen LogP contribution in [0, 0.1) is 0 Å². The van der Waals surface area contributed by atoms with Crippen molar-refractivity contribution in [2.75, 3.05) is 20.2 Å². The first-order valence-corrected chi connectivity index (χ1v) is 10.0. The molecule has 0 N–H and O–H groups in total. The van der Waals surface area contributed by atoms with Crippen LogP contribution in [0.15, 0.2) is 64.0 Å². The summed E-state index contributed by atoms with van der Waals surface area (Å²) in [6.45, 7) is 0.743. The molecule has 0 aliphatic carbocycles. The summed E-state index contributed by atoms with van der Waals surface area (Å²) < 4.78 is 37.8. The molecular weight excluding hydrogens is 366 g/mol. The highest BCUT2D eigenvalue weighted by Crippen LogP contribution is 2.31. The van der Waals surface area contributed by atoms with Crippen molar-refractivity contribution in [1.82, 2.24) is 14.4 Å². The highest BCUT2D eigenvalue weighted by Gasteiger charge is 2.35. The molecule has 1 saturated heterocycles. The van der Waals surface area contributed by atoms with Crippen molar-refractivity contribution in [1.29, 1.82) is 0 Å². The van der Waals surface area contributed by atoms with Crippen LogP contribution in [0.1, 0.15) is 18.2 Å². The van der Waals surface area contributed by atoms with Crippen molar-refractivity contribution in [2.24, 2.45) is 0 Å². The fraction of sp³-hybridized carbons (Fsp3) is 0.263. The molecule has 1 aliphatic heterocycles. The lowest BCUT2D eigenvalue weighted by molar-refractivity contribution is 0.411. The Bertz CT molecular complexity index is 1030. The van der Waals surface area contributed by atoms with Crippen LogP contribution >= 0.6 is 0 Å². The second-order valence-corrected chi connectivity index (χ2v) is 8.29. The smallest absolute Gasteiger partial charge is 0.257 e. The second-order valence-electron chi connectivity index (χ2n) is 6.35. The minimum absolute atomic E-state index is 0.0911. The Balaban J connectivity index is 1.52. The van der Waals surface area contributed by atoms with Crippen LogP contribution in [0.3, 0.4) is 0 Å². The van der Waals surface area contributed by atoms with Gasteiger partial charge in [-0.15, -0.1) is 0 Å². The Morgan fingerprint density at radius 2 is 1.96 bits per heavy atom. The number of nitrogens with zero attached hydrogens (tertiary/aromatic N) is 3. The van der Waals surface area contributed by atoms with Crippen LogP contribution in [-0.4, -0.2) is 43.1 Å². The molecule has 7 nitrogen and oxygen atoms in total. The maximum Gasteiger partial charge on any atom is 0.257 e. The fourth-order valence-electron chi connectivity index (χ4n) is 3.17. The lowest BCUT2D eigenvalue weighted by Crippen LogP contribution is -2.28. The van der Waals surface area contributed by atoms with Crippen LogP contribution in [-0.2, 0) is 10.0 Å². The van der Waals surface area contributed by atoms with Gasteiger partial charge < -0.3 is 9.26 Å². The van der Waals surface area contributed by atoms with Crippen molar-refractivity contribution in [3.8, 4) is 17.2 Å². The third-order valence-electron chi connectivity index (χ3n) is 4.66. The Labute approximate surface area is 157 Å². The Kier molecular flexibility index (Phi) is 4.67. The lowest BCUT2D eigenvalue weighted by atomic mass is 10.1. The van der Waals surface area contributed by atoms with Crippen LogP contribution in [0.2, 0.25) is 0 Å². The lowest BCUT2D eigenvalue weighted by Gasteiger charge is -2.16. The molecule has 8 heteroatoms. The Morgan fingerprint density at radius 3 is 2.74 bits per heavy atom. The van der Waals surface area contributed by atoms with Gasteiger partial charge in [0, 0.05) is 30.6 Å². The molecule has 27 heavy (non-hydrogen) atoms. The Hall–Kier alpha value is -2.71. The van der Waals surface area contributed by atoms with Crippen LogP contribution < -0.4 is 4.74 Å². The first kappa shape index (κ1) is 17.7. The van der Waals surface area contributed by atoms with E-state index in [4.69, 9.17) is 9.26 Å². The Morgan fingerprint density at radius 1 is 1.15 bits per heavy atom. The molecule has 4 rings (SSSR count). The summed E-state index contributed by atoms with van der Waals surface area (Å²) in [7, 11) is -2.08. The average Bonchev–Trinajstić information content (AvgIpc) is 3.38. The molecule has 1 fully saturated rings. The van der Waals surface area contributed by atoms with Gasteiger partial charge in [0.05, 0.1) is 12.0 Å². The summed E-state index contributed by atoms with van der Waals surface area (Å²) in [6, 6.07) is 16.0. The first-order chi connectivity index (χ1) is 13.1. The minimum atomic E-state index is -3.59. The average molecular weight is 385 g/mol. The quantitative estimate of drug-likeness (QED) is 0.671. The molecule has 0 spiro atoms. The standard InChI is InChI=1S/C19H19N3O4S/c1-25-16-8-5-9-17(12-16)27(23,24)22-11-10-15(13-22)18-20-19(26-21-18)14-6-3-2-4-7-14/h2-9,12,15H,10-11,13H2,1H3/t15-/m0/s1. The SMILES string of the molecule is COc1cccc(S(=O)(=O)N2CC[C@H](c3noc(-c4ccccc4)n3)C2)c1. The number of hydrogen-bond acceptors (Lipinski definition) is 6. The summed E-state index contributed by atoms with van der Waals surface area (Å²) in [5, 5.41) is 4.06. The minimum Gasteiger partial charge on any atom is -0.497 e. The second kappa shape index (κ2) is 7.13. The highest BCUT2D eigenvalue weighted by atomic mass is 32.2. The van der Waals surface area contributed by atoms with E-state index >= 15 is 0 Å². The van der Waals surface area contributed by atoms with Gasteiger partial charge in [-0.1, -0.05) is 29.4 Å². The summed E-state index contributed by atoms with van der Waals surface area (Å²) in [5.74, 6) is 1.40. The molecule has 140 valence electrons. The summed E-state index contributed by atoms with van der Waals surface area (Å²) >= 11 is 0. The third-order valence-corrected chi connectivity index (χ3v) is 6.52. The molecule has 0 saturated carbocycles. The number of ether oxygens (including phenoxy) is 1. The first-order valence-electron chi connectivity index (χ1n) is 8.61. The number of benzene rings is 2. The number of aromatic nitrogens is 2. The van der Waals surface area contributed by atoms with Crippen LogP contribution in [0.4, 0.5) is 0 Å². The van der Waals surface area contributed by atoms with E-state index in [9.17, 15) is 8.42 Å². The monoisotopic (exact) mass is 385 g/mol. The fourth-order valence-corrected chi connectivity index (χ4v) is 4.70. The van der Waals surface area contributed by atoms with E-state index in [2.05, 4.69) is 10.1 Å². The van der Waals surface area contributed by atoms with E-state index in [1.165, 1.54) is 17.5 Å². The zero-order valence-electron chi connectivity index (χ0n) is 14.8. The van der Waals surface area contributed by atoms with Gasteiger partial charge in [0.2, 0.25) is 10.0 Å². The third kappa shape index (κ3) is 3.45. The molecular formula is C19H19N3O4S. The molecule has 0 unspecified atom stereocenters. The molecule has 3 aromatic rings. The zero-order chi connectivity index (χ0) is 18.9. The van der Waals surface area contributed by atoms with Gasteiger partial charge in [0.25, 0.3) is 5.89 Å². The van der Waals surface area contributed by atoms with Crippen molar-refractivity contribution in [3.63, 3.8) is 0 Å². The van der Waals surface area contributed by atoms with Crippen molar-refractivity contribution in [3.05, 3.63) is 60.4 Å². The maximum absolute atomic E-state index is 12.9. The molecule has 0 radical (unpaired) electrons. The van der Waals surface area contributed by atoms with Gasteiger partial charge in [-0.25, -0.2) is 8.42 Å². The van der Waals surface area contributed by atoms with Gasteiger partial charge in [0.1, 0.15) is 5.75 Å². The molecule has 1 aliphatic rings. The number of hydrogen-bond donors (Lipinski definition) is 0. The van der Waals surface area contributed by atoms with E-state index in [0.717, 1.165) is 5.56 Å². The number of rotatable bonds is 5. The van der Waals surface area contributed by atoms with E-state index < -0.39 is 10.0 Å². The molecule has 2 aromatic carbocycles. The van der Waals surface area contributed by atoms with Crippen LogP contribution in [0.5, 0.6) is 5.75 Å². The van der Waals surface area contributed by atoms with E-state index in [0.29, 0.717) is 37.0 Å². The molecule has 0 amide bonds. The molecule has 1 aromatic heterocycles. The predicted molar refractivity (Wildman–Crippen MR) is 98.8 cm³/mol. The molecule has 0 bridgehead atoms. The molecule has 2 heterocycles. The van der Waals surface area contributed by atoms with Gasteiger partial charge >= 0.3 is 0 Å². The zero-order valence-corrected chi connectivity index (χ0v) is 15.6. The normalized spacial score (nSPS) is 17.9. The van der Waals surface area contributed by atoms with Crippen molar-refractivity contribution in [2.45, 2.75) is 17.2 Å². The molecule has 1 atom stereocenters. The highest BCUT2D eigenvalue weighted by molar-refractivity contribution is 7.89. The van der Waals surface area contributed by atoms with Gasteiger partial charge in [-0.3, -0.25) is 0 Å². The topological polar surface area (TPSA) is 85.5 Å². The van der Waals surface area contributed by atoms with Gasteiger partial charge in [0.15, 0.2) is 5.82 Å². The summed E-state index contributed by atoms with van der Waals surface area (Å²) in [5.41, 5.74) is 0.843. The van der Waals surface area contributed by atoms with Crippen LogP contribution in [0.25, 0.3) is 11.5 Å².